The van der Waals surface area contributed by atoms with Crippen molar-refractivity contribution in [3.8, 4) is 0 Å². The summed E-state index contributed by atoms with van der Waals surface area (Å²) in [5.74, 6) is -0.238. The molecular weight excluding hydrogens is 284 g/mol. The van der Waals surface area contributed by atoms with Gasteiger partial charge in [0, 0.05) is 30.8 Å². The fraction of sp³-hybridized carbons (Fsp3) is 0.417. The van der Waals surface area contributed by atoms with Crippen molar-refractivity contribution in [3.63, 3.8) is 0 Å². The summed E-state index contributed by atoms with van der Waals surface area (Å²) in [4.78, 5) is 24.1. The van der Waals surface area contributed by atoms with Crippen LogP contribution in [0.25, 0.3) is 0 Å². The lowest BCUT2D eigenvalue weighted by molar-refractivity contribution is -0.383. The van der Waals surface area contributed by atoms with Gasteiger partial charge in [0.2, 0.25) is 0 Å². The van der Waals surface area contributed by atoms with Crippen LogP contribution in [-0.2, 0) is 0 Å². The summed E-state index contributed by atoms with van der Waals surface area (Å²) >= 11 is 0. The molecular formula is C12H17ClN4O3. The number of carbonyl (C=O) groups is 1. The number of nitro benzene ring substituents is 1. The van der Waals surface area contributed by atoms with Crippen LogP contribution in [0, 0.1) is 10.1 Å². The standard InChI is InChI=1S/C12H16N4O3.ClH/c13-9-2-1-5-15(7-9)12(17)8-3-4-10(14)11(6-8)16(18)19;/h3-4,6,9H,1-2,5,7,13-14H2;1H. The van der Waals surface area contributed by atoms with E-state index < -0.39 is 4.92 Å². The number of likely N-dealkylation sites (tertiary alicyclic amines) is 1. The molecule has 0 aromatic heterocycles. The molecule has 110 valence electrons. The molecule has 1 unspecified atom stereocenters. The van der Waals surface area contributed by atoms with E-state index in [0.717, 1.165) is 12.8 Å². The van der Waals surface area contributed by atoms with Gasteiger partial charge in [0.25, 0.3) is 11.6 Å². The summed E-state index contributed by atoms with van der Waals surface area (Å²) in [6.45, 7) is 1.11. The predicted octanol–water partition coefficient (Wildman–Crippen LogP) is 1.16. The number of carbonyl (C=O) groups excluding carboxylic acids is 1. The molecule has 0 spiro atoms. The Kier molecular flexibility index (Phi) is 5.29. The van der Waals surface area contributed by atoms with Crippen molar-refractivity contribution >= 4 is 29.7 Å². The lowest BCUT2D eigenvalue weighted by atomic mass is 10.0. The molecule has 8 heteroatoms. The maximum atomic E-state index is 12.2. The van der Waals surface area contributed by atoms with Gasteiger partial charge in [-0.3, -0.25) is 14.9 Å². The summed E-state index contributed by atoms with van der Waals surface area (Å²) in [6.07, 6.45) is 1.75. The molecule has 0 radical (unpaired) electrons. The molecule has 1 saturated heterocycles. The number of piperidine rings is 1. The predicted molar refractivity (Wildman–Crippen MR) is 77.9 cm³/mol. The van der Waals surface area contributed by atoms with Crippen LogP contribution < -0.4 is 11.5 Å². The first-order valence-electron chi connectivity index (χ1n) is 6.08. The minimum absolute atomic E-state index is 0. The number of benzene rings is 1. The molecule has 1 heterocycles. The first-order chi connectivity index (χ1) is 8.99. The highest BCUT2D eigenvalue weighted by atomic mass is 35.5. The van der Waals surface area contributed by atoms with Gasteiger partial charge in [0.15, 0.2) is 0 Å². The first-order valence-corrected chi connectivity index (χ1v) is 6.08. The minimum Gasteiger partial charge on any atom is -0.393 e. The first kappa shape index (κ1) is 16.2. The fourth-order valence-electron chi connectivity index (χ4n) is 2.21. The number of anilines is 1. The summed E-state index contributed by atoms with van der Waals surface area (Å²) in [6, 6.07) is 4.08. The molecule has 2 rings (SSSR count). The van der Waals surface area contributed by atoms with Crippen molar-refractivity contribution in [1.29, 1.82) is 0 Å². The maximum Gasteiger partial charge on any atom is 0.292 e. The SMILES string of the molecule is Cl.Nc1ccc(C(=O)N2CCCC(N)C2)cc1[N+](=O)[O-]. The van der Waals surface area contributed by atoms with Crippen molar-refractivity contribution in [1.82, 2.24) is 4.90 Å². The molecule has 7 nitrogen and oxygen atoms in total. The Morgan fingerprint density at radius 3 is 2.75 bits per heavy atom. The molecule has 1 amide bonds. The number of nitrogens with two attached hydrogens (primary N) is 2. The Balaban J connectivity index is 0.00000200. The average Bonchev–Trinajstić information content (AvgIpc) is 2.38. The molecule has 4 N–H and O–H groups in total. The Bertz CT molecular complexity index is 523. The monoisotopic (exact) mass is 300 g/mol. The van der Waals surface area contributed by atoms with Gasteiger partial charge in [0.1, 0.15) is 5.69 Å². The number of nitrogens with zero attached hydrogens (tertiary/aromatic N) is 2. The van der Waals surface area contributed by atoms with E-state index in [1.165, 1.54) is 18.2 Å². The molecule has 1 aliphatic heterocycles. The van der Waals surface area contributed by atoms with Gasteiger partial charge in [-0.25, -0.2) is 0 Å². The fourth-order valence-corrected chi connectivity index (χ4v) is 2.21. The highest BCUT2D eigenvalue weighted by Gasteiger charge is 2.24. The molecule has 1 aliphatic rings. The van der Waals surface area contributed by atoms with Crippen LogP contribution in [0.5, 0.6) is 0 Å². The van der Waals surface area contributed by atoms with Crippen LogP contribution >= 0.6 is 12.4 Å². The number of rotatable bonds is 2. The van der Waals surface area contributed by atoms with Crippen LogP contribution in [0.4, 0.5) is 11.4 Å². The van der Waals surface area contributed by atoms with E-state index >= 15 is 0 Å². The lowest BCUT2D eigenvalue weighted by Crippen LogP contribution is -2.45. The van der Waals surface area contributed by atoms with Crippen molar-refractivity contribution in [2.45, 2.75) is 18.9 Å². The van der Waals surface area contributed by atoms with E-state index in [2.05, 4.69) is 0 Å². The quantitative estimate of drug-likeness (QED) is 0.483. The second-order valence-corrected chi connectivity index (χ2v) is 4.68. The number of hydrogen-bond donors (Lipinski definition) is 2. The molecule has 1 aromatic rings. The van der Waals surface area contributed by atoms with E-state index in [1.807, 2.05) is 0 Å². The topological polar surface area (TPSA) is 115 Å². The smallest absolute Gasteiger partial charge is 0.292 e. The zero-order valence-electron chi connectivity index (χ0n) is 10.8. The zero-order chi connectivity index (χ0) is 14.0. The Morgan fingerprint density at radius 1 is 1.45 bits per heavy atom. The lowest BCUT2D eigenvalue weighted by Gasteiger charge is -2.30. The Morgan fingerprint density at radius 2 is 2.15 bits per heavy atom. The number of amides is 1. The number of halogens is 1. The second kappa shape index (κ2) is 6.53. The summed E-state index contributed by atoms with van der Waals surface area (Å²) in [5, 5.41) is 10.8. The molecule has 1 atom stereocenters. The summed E-state index contributed by atoms with van der Waals surface area (Å²) in [5.41, 5.74) is 11.4. The van der Waals surface area contributed by atoms with E-state index in [1.54, 1.807) is 4.90 Å². The molecule has 0 saturated carbocycles. The molecule has 0 aliphatic carbocycles. The van der Waals surface area contributed by atoms with Crippen LogP contribution in [0.1, 0.15) is 23.2 Å². The van der Waals surface area contributed by atoms with E-state index in [0.29, 0.717) is 13.1 Å². The third-order valence-corrected chi connectivity index (χ3v) is 3.22. The number of nitrogen functional groups attached to an aromatic ring is 1. The second-order valence-electron chi connectivity index (χ2n) is 4.68. The van der Waals surface area contributed by atoms with Gasteiger partial charge >= 0.3 is 0 Å². The van der Waals surface area contributed by atoms with Gasteiger partial charge < -0.3 is 16.4 Å². The van der Waals surface area contributed by atoms with Gasteiger partial charge in [-0.1, -0.05) is 0 Å². The van der Waals surface area contributed by atoms with Gasteiger partial charge in [-0.05, 0) is 25.0 Å². The van der Waals surface area contributed by atoms with Gasteiger partial charge in [0.05, 0.1) is 4.92 Å². The van der Waals surface area contributed by atoms with Crippen LogP contribution in [0.15, 0.2) is 18.2 Å². The van der Waals surface area contributed by atoms with Crippen molar-refractivity contribution in [2.24, 2.45) is 5.73 Å². The van der Waals surface area contributed by atoms with Crippen LogP contribution in [0.2, 0.25) is 0 Å². The zero-order valence-corrected chi connectivity index (χ0v) is 11.6. The van der Waals surface area contributed by atoms with E-state index in [4.69, 9.17) is 11.5 Å². The number of nitro groups is 1. The molecule has 20 heavy (non-hydrogen) atoms. The highest BCUT2D eigenvalue weighted by Crippen LogP contribution is 2.23. The largest absolute Gasteiger partial charge is 0.393 e. The van der Waals surface area contributed by atoms with Crippen molar-refractivity contribution in [3.05, 3.63) is 33.9 Å². The molecule has 1 aromatic carbocycles. The third-order valence-electron chi connectivity index (χ3n) is 3.22. The highest BCUT2D eigenvalue weighted by molar-refractivity contribution is 5.95. The molecule has 0 bridgehead atoms. The van der Waals surface area contributed by atoms with Crippen molar-refractivity contribution in [2.75, 3.05) is 18.8 Å². The van der Waals surface area contributed by atoms with Crippen molar-refractivity contribution < 1.29 is 9.72 Å². The van der Waals surface area contributed by atoms with Crippen LogP contribution in [0.3, 0.4) is 0 Å². The summed E-state index contributed by atoms with van der Waals surface area (Å²) in [7, 11) is 0. The molecule has 1 fully saturated rings. The maximum absolute atomic E-state index is 12.2. The van der Waals surface area contributed by atoms with E-state index in [-0.39, 0.29) is 41.3 Å². The van der Waals surface area contributed by atoms with Gasteiger partial charge in [-0.15, -0.1) is 12.4 Å². The number of hydrogen-bond acceptors (Lipinski definition) is 5. The van der Waals surface area contributed by atoms with Crippen LogP contribution in [-0.4, -0.2) is 34.9 Å². The van der Waals surface area contributed by atoms with E-state index in [9.17, 15) is 14.9 Å². The summed E-state index contributed by atoms with van der Waals surface area (Å²) < 4.78 is 0. The third kappa shape index (κ3) is 3.37. The Labute approximate surface area is 122 Å². The average molecular weight is 301 g/mol. The Hall–Kier alpha value is -1.86. The minimum atomic E-state index is -0.589. The van der Waals surface area contributed by atoms with Gasteiger partial charge in [-0.2, -0.15) is 0 Å². The normalized spacial score (nSPS) is 18.2.